The third kappa shape index (κ3) is 3.39. The molecule has 0 saturated heterocycles. The predicted molar refractivity (Wildman–Crippen MR) is 175 cm³/mol. The summed E-state index contributed by atoms with van der Waals surface area (Å²) in [7, 11) is 0. The van der Waals surface area contributed by atoms with Crippen molar-refractivity contribution in [3.05, 3.63) is 152 Å². The van der Waals surface area contributed by atoms with E-state index in [9.17, 15) is 0 Å². The Labute approximate surface area is 249 Å². The zero-order chi connectivity index (χ0) is 31.1. The van der Waals surface area contributed by atoms with Crippen molar-refractivity contribution in [2.24, 2.45) is 0 Å². The SMILES string of the molecule is [2H]c1c([2H])c([2H])c2c(c1[2H])Oc1ccc(-c3ccc(-c4ccc5c(c4)c4ccccc4n5-c4ccccc4)cc3)c3cccc-2c13. The van der Waals surface area contributed by atoms with Crippen molar-refractivity contribution < 1.29 is 10.2 Å². The molecule has 0 spiro atoms. The molecule has 0 amide bonds. The van der Waals surface area contributed by atoms with Crippen molar-refractivity contribution in [2.45, 2.75) is 0 Å². The van der Waals surface area contributed by atoms with E-state index >= 15 is 0 Å². The van der Waals surface area contributed by atoms with Gasteiger partial charge in [0.1, 0.15) is 11.5 Å². The van der Waals surface area contributed by atoms with Crippen molar-refractivity contribution in [2.75, 3.05) is 0 Å². The molecule has 42 heavy (non-hydrogen) atoms. The van der Waals surface area contributed by atoms with Gasteiger partial charge in [0.05, 0.1) is 16.5 Å². The van der Waals surface area contributed by atoms with Gasteiger partial charge in [-0.1, -0.05) is 109 Å². The van der Waals surface area contributed by atoms with Crippen LogP contribution in [0.2, 0.25) is 0 Å². The van der Waals surface area contributed by atoms with E-state index in [-0.39, 0.29) is 29.9 Å². The summed E-state index contributed by atoms with van der Waals surface area (Å²) in [6.45, 7) is 0. The lowest BCUT2D eigenvalue weighted by molar-refractivity contribution is 0.487. The van der Waals surface area contributed by atoms with E-state index < -0.39 is 0 Å². The Balaban J connectivity index is 1.15. The van der Waals surface area contributed by atoms with Crippen LogP contribution in [0.25, 0.3) is 71.6 Å². The summed E-state index contributed by atoms with van der Waals surface area (Å²) in [5.41, 5.74) is 9.00. The minimum atomic E-state index is -0.294. The molecule has 0 unspecified atom stereocenters. The lowest BCUT2D eigenvalue weighted by atomic mass is 9.90. The van der Waals surface area contributed by atoms with E-state index in [0.717, 1.165) is 44.3 Å². The number of rotatable bonds is 3. The van der Waals surface area contributed by atoms with E-state index in [2.05, 4.69) is 95.6 Å². The fraction of sp³-hybridized carbons (Fsp3) is 0. The maximum absolute atomic E-state index is 8.61. The van der Waals surface area contributed by atoms with Gasteiger partial charge in [-0.05, 0) is 75.6 Å². The maximum atomic E-state index is 8.61. The average molecular weight is 540 g/mol. The normalized spacial score (nSPS) is 13.3. The van der Waals surface area contributed by atoms with E-state index in [1.807, 2.05) is 36.4 Å². The number of fused-ring (bicyclic) bond motifs is 5. The lowest BCUT2D eigenvalue weighted by Crippen LogP contribution is -1.97. The second-order valence-electron chi connectivity index (χ2n) is 10.6. The van der Waals surface area contributed by atoms with Gasteiger partial charge in [0, 0.05) is 27.4 Å². The van der Waals surface area contributed by atoms with Gasteiger partial charge in [0.2, 0.25) is 0 Å². The van der Waals surface area contributed by atoms with Crippen LogP contribution in [0.4, 0.5) is 0 Å². The number of nitrogens with zero attached hydrogens (tertiary/aromatic N) is 1. The second kappa shape index (κ2) is 8.95. The first kappa shape index (κ1) is 19.5. The largest absolute Gasteiger partial charge is 0.456 e. The van der Waals surface area contributed by atoms with E-state index in [1.54, 1.807) is 0 Å². The molecule has 196 valence electrons. The maximum Gasteiger partial charge on any atom is 0.135 e. The Bertz CT molecular complexity index is 2540. The van der Waals surface area contributed by atoms with Crippen LogP contribution < -0.4 is 4.74 Å². The molecule has 2 heteroatoms. The third-order valence-corrected chi connectivity index (χ3v) is 8.35. The molecule has 0 fully saturated rings. The Morgan fingerprint density at radius 3 is 2.12 bits per heavy atom. The summed E-state index contributed by atoms with van der Waals surface area (Å²) in [6.07, 6.45) is 0. The third-order valence-electron chi connectivity index (χ3n) is 8.35. The van der Waals surface area contributed by atoms with Gasteiger partial charge in [-0.3, -0.25) is 0 Å². The zero-order valence-corrected chi connectivity index (χ0v) is 22.5. The molecule has 8 aromatic rings. The van der Waals surface area contributed by atoms with Crippen LogP contribution in [-0.4, -0.2) is 4.57 Å². The van der Waals surface area contributed by atoms with Crippen molar-refractivity contribution in [1.29, 1.82) is 0 Å². The summed E-state index contributed by atoms with van der Waals surface area (Å²) in [5.74, 6) is 0.762. The highest BCUT2D eigenvalue weighted by atomic mass is 16.5. The van der Waals surface area contributed by atoms with Crippen molar-refractivity contribution in [3.8, 4) is 50.6 Å². The van der Waals surface area contributed by atoms with Crippen molar-refractivity contribution in [1.82, 2.24) is 4.57 Å². The summed E-state index contributed by atoms with van der Waals surface area (Å²) in [6, 6.07) is 43.3. The molecule has 1 aliphatic rings. The molecule has 9 rings (SSSR count). The number of benzene rings is 7. The van der Waals surface area contributed by atoms with E-state index in [0.29, 0.717) is 11.3 Å². The zero-order valence-electron chi connectivity index (χ0n) is 26.5. The van der Waals surface area contributed by atoms with Crippen LogP contribution in [0.5, 0.6) is 11.5 Å². The average Bonchev–Trinajstić information content (AvgIpc) is 3.44. The first-order chi connectivity index (χ1) is 22.5. The highest BCUT2D eigenvalue weighted by Crippen LogP contribution is 2.48. The highest BCUT2D eigenvalue weighted by molar-refractivity contribution is 6.11. The summed E-state index contributed by atoms with van der Waals surface area (Å²) < 4.78 is 41.9. The van der Waals surface area contributed by atoms with Gasteiger partial charge in [0.15, 0.2) is 0 Å². The molecule has 2 heterocycles. The highest BCUT2D eigenvalue weighted by Gasteiger charge is 2.21. The van der Waals surface area contributed by atoms with Gasteiger partial charge in [-0.15, -0.1) is 0 Å². The molecule has 0 bridgehead atoms. The summed E-state index contributed by atoms with van der Waals surface area (Å²) >= 11 is 0. The van der Waals surface area contributed by atoms with E-state index in [1.165, 1.54) is 21.8 Å². The number of para-hydroxylation sites is 3. The Morgan fingerprint density at radius 2 is 1.21 bits per heavy atom. The predicted octanol–water partition coefficient (Wildman–Crippen LogP) is 11.0. The lowest BCUT2D eigenvalue weighted by Gasteiger charge is -2.22. The summed E-state index contributed by atoms with van der Waals surface area (Å²) in [5, 5.41) is 4.25. The molecular weight excluding hydrogens is 510 g/mol. The quantitative estimate of drug-likeness (QED) is 0.218. The first-order valence-electron chi connectivity index (χ1n) is 16.0. The van der Waals surface area contributed by atoms with Gasteiger partial charge < -0.3 is 9.30 Å². The molecule has 0 radical (unpaired) electrons. The molecule has 7 aromatic carbocycles. The topological polar surface area (TPSA) is 14.2 Å². The molecule has 0 N–H and O–H groups in total. The van der Waals surface area contributed by atoms with Crippen LogP contribution in [0.1, 0.15) is 5.48 Å². The smallest absolute Gasteiger partial charge is 0.135 e. The van der Waals surface area contributed by atoms with Crippen molar-refractivity contribution in [3.63, 3.8) is 0 Å². The number of hydrogen-bond donors (Lipinski definition) is 0. The molecule has 1 aromatic heterocycles. The standard InChI is InChI=1S/C40H25NO/c1-2-9-29(10-3-1)41-36-15-6-4-11-31(36)35-25-28(21-23-37(35)41)26-17-19-27(20-18-26)30-22-24-39-40-33(30)13-8-14-34(40)32-12-5-7-16-38(32)42-39/h1-25H/i5D,7D,12D,16D. The van der Waals surface area contributed by atoms with Gasteiger partial charge in [-0.25, -0.2) is 0 Å². The molecule has 2 nitrogen and oxygen atoms in total. The second-order valence-corrected chi connectivity index (χ2v) is 10.6. The number of ether oxygens (including phenoxy) is 1. The van der Waals surface area contributed by atoms with Gasteiger partial charge in [0.25, 0.3) is 0 Å². The molecular formula is C40H25NO. The van der Waals surface area contributed by atoms with Crippen LogP contribution in [0.3, 0.4) is 0 Å². The van der Waals surface area contributed by atoms with Crippen LogP contribution in [0.15, 0.2) is 152 Å². The summed E-state index contributed by atoms with van der Waals surface area (Å²) in [4.78, 5) is 0. The van der Waals surface area contributed by atoms with E-state index in [4.69, 9.17) is 10.2 Å². The monoisotopic (exact) mass is 539 g/mol. The van der Waals surface area contributed by atoms with Crippen LogP contribution in [0, 0.1) is 0 Å². The minimum absolute atomic E-state index is 0.0900. The Morgan fingerprint density at radius 1 is 0.476 bits per heavy atom. The number of hydrogen-bond acceptors (Lipinski definition) is 1. The van der Waals surface area contributed by atoms with Crippen LogP contribution in [-0.2, 0) is 0 Å². The Hall–Kier alpha value is -5.60. The molecule has 0 saturated carbocycles. The Kier molecular flexibility index (Phi) is 4.15. The van der Waals surface area contributed by atoms with Crippen LogP contribution >= 0.6 is 0 Å². The van der Waals surface area contributed by atoms with Gasteiger partial charge >= 0.3 is 0 Å². The van der Waals surface area contributed by atoms with Crippen molar-refractivity contribution >= 4 is 32.6 Å². The van der Waals surface area contributed by atoms with Gasteiger partial charge in [-0.2, -0.15) is 0 Å². The minimum Gasteiger partial charge on any atom is -0.456 e. The molecule has 0 atom stereocenters. The molecule has 0 aliphatic carbocycles. The fourth-order valence-corrected chi connectivity index (χ4v) is 6.45. The number of aromatic nitrogens is 1. The fourth-order valence-electron chi connectivity index (χ4n) is 6.45. The molecule has 1 aliphatic heterocycles. The first-order valence-corrected chi connectivity index (χ1v) is 14.0.